The Morgan fingerprint density at radius 3 is 2.77 bits per heavy atom. The molecule has 0 saturated carbocycles. The number of hydrogen-bond acceptors (Lipinski definition) is 3. The van der Waals surface area contributed by atoms with Gasteiger partial charge in [0, 0.05) is 23.2 Å². The summed E-state index contributed by atoms with van der Waals surface area (Å²) in [4.78, 5) is 15.0. The van der Waals surface area contributed by atoms with E-state index in [-0.39, 0.29) is 11.8 Å². The average molecular weight is 438 g/mol. The minimum atomic E-state index is -0.0138. The summed E-state index contributed by atoms with van der Waals surface area (Å²) in [6.45, 7) is 2.66. The van der Waals surface area contributed by atoms with E-state index in [9.17, 15) is 4.79 Å². The Labute approximate surface area is 167 Å². The van der Waals surface area contributed by atoms with Gasteiger partial charge in [-0.1, -0.05) is 39.7 Å². The van der Waals surface area contributed by atoms with Crippen LogP contribution in [-0.2, 0) is 11.3 Å². The zero-order chi connectivity index (χ0) is 18.5. The van der Waals surface area contributed by atoms with E-state index in [1.807, 2.05) is 6.07 Å². The van der Waals surface area contributed by atoms with Gasteiger partial charge >= 0.3 is 0 Å². The van der Waals surface area contributed by atoms with Crippen LogP contribution in [-0.4, -0.2) is 31.0 Å². The van der Waals surface area contributed by atoms with Crippen molar-refractivity contribution in [3.05, 3.63) is 57.5 Å². The average Bonchev–Trinajstić information content (AvgIpc) is 2.64. The lowest BCUT2D eigenvalue weighted by molar-refractivity contribution is -0.121. The first-order valence-electron chi connectivity index (χ1n) is 8.66. The van der Waals surface area contributed by atoms with Crippen LogP contribution >= 0.6 is 27.5 Å². The van der Waals surface area contributed by atoms with Gasteiger partial charge in [-0.25, -0.2) is 0 Å². The van der Waals surface area contributed by atoms with Crippen LogP contribution in [0, 0.1) is 5.92 Å². The van der Waals surface area contributed by atoms with E-state index in [0.717, 1.165) is 36.9 Å². The minimum Gasteiger partial charge on any atom is -0.495 e. The quantitative estimate of drug-likeness (QED) is 0.718. The summed E-state index contributed by atoms with van der Waals surface area (Å²) in [5, 5.41) is 3.48. The highest BCUT2D eigenvalue weighted by atomic mass is 79.9. The molecule has 6 heteroatoms. The Morgan fingerprint density at radius 1 is 1.31 bits per heavy atom. The first kappa shape index (κ1) is 19.2. The van der Waals surface area contributed by atoms with E-state index in [2.05, 4.69) is 50.4 Å². The summed E-state index contributed by atoms with van der Waals surface area (Å²) >= 11 is 9.60. The molecular formula is C20H22BrClN2O2. The fourth-order valence-electron chi connectivity index (χ4n) is 3.25. The van der Waals surface area contributed by atoms with Gasteiger partial charge in [-0.3, -0.25) is 9.69 Å². The standard InChI is InChI=1S/C20H22BrClN2O2/c1-26-19-9-8-17(11-18(19)22)23-20(25)15-3-2-10-24(13-15)12-14-4-6-16(21)7-5-14/h4-9,11,15H,2-3,10,12-13H2,1H3,(H,23,25). The molecule has 0 aromatic heterocycles. The van der Waals surface area contributed by atoms with E-state index in [4.69, 9.17) is 16.3 Å². The third-order valence-corrected chi connectivity index (χ3v) is 5.44. The maximum absolute atomic E-state index is 12.7. The number of amides is 1. The Balaban J connectivity index is 1.59. The first-order valence-corrected chi connectivity index (χ1v) is 9.83. The summed E-state index contributed by atoms with van der Waals surface area (Å²) in [6, 6.07) is 13.6. The second kappa shape index (κ2) is 8.89. The molecule has 0 bridgehead atoms. The van der Waals surface area contributed by atoms with Crippen LogP contribution in [0.15, 0.2) is 46.9 Å². The summed E-state index contributed by atoms with van der Waals surface area (Å²) < 4.78 is 6.22. The van der Waals surface area contributed by atoms with E-state index >= 15 is 0 Å². The zero-order valence-electron chi connectivity index (χ0n) is 14.7. The molecular weight excluding hydrogens is 416 g/mol. The zero-order valence-corrected chi connectivity index (χ0v) is 17.0. The van der Waals surface area contributed by atoms with E-state index < -0.39 is 0 Å². The van der Waals surface area contributed by atoms with Gasteiger partial charge < -0.3 is 10.1 Å². The second-order valence-corrected chi connectivity index (χ2v) is 7.86. The highest BCUT2D eigenvalue weighted by molar-refractivity contribution is 9.10. The fraction of sp³-hybridized carbons (Fsp3) is 0.350. The Morgan fingerprint density at radius 2 is 2.08 bits per heavy atom. The Bertz CT molecular complexity index is 767. The van der Waals surface area contributed by atoms with Crippen molar-refractivity contribution in [2.75, 3.05) is 25.5 Å². The summed E-state index contributed by atoms with van der Waals surface area (Å²) in [6.07, 6.45) is 1.94. The molecule has 1 aliphatic rings. The van der Waals surface area contributed by atoms with Crippen molar-refractivity contribution in [1.29, 1.82) is 0 Å². The predicted molar refractivity (Wildman–Crippen MR) is 109 cm³/mol. The number of anilines is 1. The number of piperidine rings is 1. The van der Waals surface area contributed by atoms with Crippen molar-refractivity contribution in [3.63, 3.8) is 0 Å². The van der Waals surface area contributed by atoms with Crippen LogP contribution < -0.4 is 10.1 Å². The van der Waals surface area contributed by atoms with Gasteiger partial charge in [-0.15, -0.1) is 0 Å². The lowest BCUT2D eigenvalue weighted by atomic mass is 9.96. The molecule has 26 heavy (non-hydrogen) atoms. The Hall–Kier alpha value is -1.56. The normalized spacial score (nSPS) is 17.7. The number of nitrogens with zero attached hydrogens (tertiary/aromatic N) is 1. The molecule has 2 aromatic carbocycles. The number of hydrogen-bond donors (Lipinski definition) is 1. The maximum Gasteiger partial charge on any atom is 0.228 e. The summed E-state index contributed by atoms with van der Waals surface area (Å²) in [5.74, 6) is 0.634. The van der Waals surface area contributed by atoms with Crippen LogP contribution in [0.4, 0.5) is 5.69 Å². The van der Waals surface area contributed by atoms with Crippen LogP contribution in [0.2, 0.25) is 5.02 Å². The molecule has 1 atom stereocenters. The van der Waals surface area contributed by atoms with Gasteiger partial charge in [0.25, 0.3) is 0 Å². The number of methoxy groups -OCH3 is 1. The molecule has 1 amide bonds. The largest absolute Gasteiger partial charge is 0.495 e. The number of rotatable bonds is 5. The maximum atomic E-state index is 12.7. The molecule has 0 spiro atoms. The van der Waals surface area contributed by atoms with Gasteiger partial charge in [0.1, 0.15) is 5.75 Å². The topological polar surface area (TPSA) is 41.6 Å². The van der Waals surface area contributed by atoms with E-state index in [0.29, 0.717) is 16.5 Å². The molecule has 2 aromatic rings. The van der Waals surface area contributed by atoms with Crippen molar-refractivity contribution in [3.8, 4) is 5.75 Å². The number of halogens is 2. The van der Waals surface area contributed by atoms with Gasteiger partial charge in [-0.2, -0.15) is 0 Å². The van der Waals surface area contributed by atoms with Gasteiger partial charge in [0.2, 0.25) is 5.91 Å². The van der Waals surface area contributed by atoms with Crippen molar-refractivity contribution < 1.29 is 9.53 Å². The number of carbonyl (C=O) groups excluding carboxylic acids is 1. The van der Waals surface area contributed by atoms with Crippen LogP contribution in [0.1, 0.15) is 18.4 Å². The molecule has 1 aliphatic heterocycles. The molecule has 4 nitrogen and oxygen atoms in total. The van der Waals surface area contributed by atoms with Crippen molar-refractivity contribution in [1.82, 2.24) is 4.90 Å². The first-order chi connectivity index (χ1) is 12.5. The molecule has 1 fully saturated rings. The molecule has 1 unspecified atom stereocenters. The van der Waals surface area contributed by atoms with Gasteiger partial charge in [0.05, 0.1) is 18.1 Å². The van der Waals surface area contributed by atoms with E-state index in [1.54, 1.807) is 19.2 Å². The van der Waals surface area contributed by atoms with Crippen molar-refractivity contribution in [2.45, 2.75) is 19.4 Å². The van der Waals surface area contributed by atoms with Crippen molar-refractivity contribution >= 4 is 39.1 Å². The van der Waals surface area contributed by atoms with Crippen LogP contribution in [0.3, 0.4) is 0 Å². The summed E-state index contributed by atoms with van der Waals surface area (Å²) in [5.41, 5.74) is 1.96. The highest BCUT2D eigenvalue weighted by Gasteiger charge is 2.26. The molecule has 138 valence electrons. The summed E-state index contributed by atoms with van der Waals surface area (Å²) in [7, 11) is 1.57. The van der Waals surface area contributed by atoms with Crippen LogP contribution in [0.5, 0.6) is 5.75 Å². The number of ether oxygens (including phenoxy) is 1. The smallest absolute Gasteiger partial charge is 0.228 e. The lowest BCUT2D eigenvalue weighted by Crippen LogP contribution is -2.40. The van der Waals surface area contributed by atoms with Crippen molar-refractivity contribution in [2.24, 2.45) is 5.92 Å². The molecule has 0 radical (unpaired) electrons. The third kappa shape index (κ3) is 5.00. The SMILES string of the molecule is COc1ccc(NC(=O)C2CCCN(Cc3ccc(Br)cc3)C2)cc1Cl. The van der Waals surface area contributed by atoms with Gasteiger partial charge in [-0.05, 0) is 55.3 Å². The number of nitrogens with one attached hydrogen (secondary N) is 1. The minimum absolute atomic E-state index is 0.0138. The molecule has 1 saturated heterocycles. The number of carbonyl (C=O) groups is 1. The predicted octanol–water partition coefficient (Wildman–Crippen LogP) is 4.96. The molecule has 1 heterocycles. The van der Waals surface area contributed by atoms with Gasteiger partial charge in [0.15, 0.2) is 0 Å². The third-order valence-electron chi connectivity index (χ3n) is 4.62. The highest BCUT2D eigenvalue weighted by Crippen LogP contribution is 2.28. The Kier molecular flexibility index (Phi) is 6.57. The molecule has 0 aliphatic carbocycles. The second-order valence-electron chi connectivity index (χ2n) is 6.54. The monoisotopic (exact) mass is 436 g/mol. The fourth-order valence-corrected chi connectivity index (χ4v) is 3.77. The number of likely N-dealkylation sites (tertiary alicyclic amines) is 1. The number of benzene rings is 2. The van der Waals surface area contributed by atoms with Crippen LogP contribution in [0.25, 0.3) is 0 Å². The van der Waals surface area contributed by atoms with E-state index in [1.165, 1.54) is 5.56 Å². The molecule has 1 N–H and O–H groups in total. The molecule has 3 rings (SSSR count). The lowest BCUT2D eigenvalue weighted by Gasteiger charge is -2.32.